The first-order valence-electron chi connectivity index (χ1n) is 5.63. The molecule has 2 heteroatoms. The fraction of sp³-hybridized carbons (Fsp3) is 0.357. The molecular formula is C14H16O2. The SMILES string of the molecule is COC(=O)[C@@H]1CC=C(c2ccccc2)CC1. The zero-order valence-electron chi connectivity index (χ0n) is 9.48. The minimum Gasteiger partial charge on any atom is -0.469 e. The average Bonchev–Trinajstić information content (AvgIpc) is 2.39. The lowest BCUT2D eigenvalue weighted by Gasteiger charge is -2.19. The second kappa shape index (κ2) is 4.97. The molecule has 0 N–H and O–H groups in total. The summed E-state index contributed by atoms with van der Waals surface area (Å²) in [4.78, 5) is 11.4. The Labute approximate surface area is 95.9 Å². The van der Waals surface area contributed by atoms with Crippen LogP contribution in [0.3, 0.4) is 0 Å². The highest BCUT2D eigenvalue weighted by atomic mass is 16.5. The maximum absolute atomic E-state index is 11.4. The van der Waals surface area contributed by atoms with Gasteiger partial charge in [0.2, 0.25) is 0 Å². The number of hydrogen-bond donors (Lipinski definition) is 0. The van der Waals surface area contributed by atoms with E-state index in [0.29, 0.717) is 0 Å². The van der Waals surface area contributed by atoms with Crippen LogP contribution in [0.4, 0.5) is 0 Å². The van der Waals surface area contributed by atoms with Gasteiger partial charge < -0.3 is 4.74 Å². The number of rotatable bonds is 2. The van der Waals surface area contributed by atoms with Gasteiger partial charge in [-0.3, -0.25) is 4.79 Å². The van der Waals surface area contributed by atoms with Gasteiger partial charge in [-0.25, -0.2) is 0 Å². The van der Waals surface area contributed by atoms with Gasteiger partial charge in [-0.15, -0.1) is 0 Å². The molecule has 0 amide bonds. The molecule has 0 fully saturated rings. The fourth-order valence-corrected chi connectivity index (χ4v) is 2.13. The molecule has 2 nitrogen and oxygen atoms in total. The molecule has 0 spiro atoms. The standard InChI is InChI=1S/C14H16O2/c1-16-14(15)13-9-7-12(8-10-13)11-5-3-2-4-6-11/h2-7,13H,8-10H2,1H3/t13-/m1/s1. The number of esters is 1. The summed E-state index contributed by atoms with van der Waals surface area (Å²) < 4.78 is 4.76. The lowest BCUT2D eigenvalue weighted by atomic mass is 9.87. The molecule has 0 unspecified atom stereocenters. The molecule has 0 saturated heterocycles. The smallest absolute Gasteiger partial charge is 0.308 e. The molecule has 1 aromatic rings. The van der Waals surface area contributed by atoms with Gasteiger partial charge in [0.1, 0.15) is 0 Å². The summed E-state index contributed by atoms with van der Waals surface area (Å²) in [5, 5.41) is 0. The normalized spacial score (nSPS) is 20.1. The first-order chi connectivity index (χ1) is 7.81. The predicted molar refractivity (Wildman–Crippen MR) is 63.8 cm³/mol. The van der Waals surface area contributed by atoms with Gasteiger partial charge in [0.15, 0.2) is 0 Å². The lowest BCUT2D eigenvalue weighted by Crippen LogP contribution is -2.18. The Morgan fingerprint density at radius 3 is 2.62 bits per heavy atom. The van der Waals surface area contributed by atoms with E-state index in [1.54, 1.807) is 0 Å². The summed E-state index contributed by atoms with van der Waals surface area (Å²) in [7, 11) is 1.46. The van der Waals surface area contributed by atoms with Gasteiger partial charge >= 0.3 is 5.97 Å². The Bertz CT molecular complexity index is 392. The van der Waals surface area contributed by atoms with Gasteiger partial charge in [-0.2, -0.15) is 0 Å². The van der Waals surface area contributed by atoms with Crippen molar-refractivity contribution in [1.82, 2.24) is 0 Å². The molecular weight excluding hydrogens is 200 g/mol. The van der Waals surface area contributed by atoms with Gasteiger partial charge in [-0.1, -0.05) is 36.4 Å². The Morgan fingerprint density at radius 2 is 2.06 bits per heavy atom. The summed E-state index contributed by atoms with van der Waals surface area (Å²) in [6, 6.07) is 10.3. The Balaban J connectivity index is 2.07. The summed E-state index contributed by atoms with van der Waals surface area (Å²) in [6.07, 6.45) is 4.83. The van der Waals surface area contributed by atoms with Crippen LogP contribution in [-0.2, 0) is 9.53 Å². The van der Waals surface area contributed by atoms with E-state index < -0.39 is 0 Å². The molecule has 0 aliphatic heterocycles. The van der Waals surface area contributed by atoms with Crippen LogP contribution in [0, 0.1) is 5.92 Å². The largest absolute Gasteiger partial charge is 0.469 e. The van der Waals surface area contributed by atoms with Crippen LogP contribution in [0.15, 0.2) is 36.4 Å². The highest BCUT2D eigenvalue weighted by Crippen LogP contribution is 2.30. The van der Waals surface area contributed by atoms with Crippen LogP contribution in [0.5, 0.6) is 0 Å². The first-order valence-corrected chi connectivity index (χ1v) is 5.63. The van der Waals surface area contributed by atoms with Crippen LogP contribution in [0.1, 0.15) is 24.8 Å². The Kier molecular flexibility index (Phi) is 3.40. The second-order valence-corrected chi connectivity index (χ2v) is 4.09. The van der Waals surface area contributed by atoms with Gasteiger partial charge in [0.05, 0.1) is 13.0 Å². The number of benzene rings is 1. The zero-order chi connectivity index (χ0) is 11.4. The van der Waals surface area contributed by atoms with Crippen LogP contribution >= 0.6 is 0 Å². The van der Waals surface area contributed by atoms with E-state index in [-0.39, 0.29) is 11.9 Å². The first kappa shape index (κ1) is 10.9. The monoisotopic (exact) mass is 216 g/mol. The minimum atomic E-state index is -0.0802. The molecule has 2 rings (SSSR count). The number of methoxy groups -OCH3 is 1. The molecule has 84 valence electrons. The lowest BCUT2D eigenvalue weighted by molar-refractivity contribution is -0.145. The number of carbonyl (C=O) groups is 1. The summed E-state index contributed by atoms with van der Waals surface area (Å²) in [6.45, 7) is 0. The average molecular weight is 216 g/mol. The van der Waals surface area contributed by atoms with Crippen LogP contribution in [-0.4, -0.2) is 13.1 Å². The van der Waals surface area contributed by atoms with Crippen molar-refractivity contribution in [2.75, 3.05) is 7.11 Å². The van der Waals surface area contributed by atoms with E-state index in [4.69, 9.17) is 4.74 Å². The highest BCUT2D eigenvalue weighted by Gasteiger charge is 2.22. The summed E-state index contributed by atoms with van der Waals surface area (Å²) in [5.41, 5.74) is 2.62. The third-order valence-corrected chi connectivity index (χ3v) is 3.09. The second-order valence-electron chi connectivity index (χ2n) is 4.09. The van der Waals surface area contributed by atoms with Crippen molar-refractivity contribution in [2.24, 2.45) is 5.92 Å². The van der Waals surface area contributed by atoms with Gasteiger partial charge in [0.25, 0.3) is 0 Å². The van der Waals surface area contributed by atoms with Gasteiger partial charge in [-0.05, 0) is 30.4 Å². The van der Waals surface area contributed by atoms with Crippen molar-refractivity contribution in [1.29, 1.82) is 0 Å². The zero-order valence-corrected chi connectivity index (χ0v) is 9.48. The van der Waals surface area contributed by atoms with Crippen molar-refractivity contribution in [3.8, 4) is 0 Å². The quantitative estimate of drug-likeness (QED) is 0.710. The van der Waals surface area contributed by atoms with E-state index in [0.717, 1.165) is 19.3 Å². The van der Waals surface area contributed by atoms with Crippen molar-refractivity contribution >= 4 is 11.5 Å². The topological polar surface area (TPSA) is 26.3 Å². The molecule has 0 aromatic heterocycles. The predicted octanol–water partition coefficient (Wildman–Crippen LogP) is 3.04. The van der Waals surface area contributed by atoms with E-state index in [2.05, 4.69) is 18.2 Å². The van der Waals surface area contributed by atoms with E-state index in [1.165, 1.54) is 18.2 Å². The van der Waals surface area contributed by atoms with E-state index in [1.807, 2.05) is 18.2 Å². The molecule has 16 heavy (non-hydrogen) atoms. The molecule has 1 aliphatic carbocycles. The van der Waals surface area contributed by atoms with Gasteiger partial charge in [0, 0.05) is 0 Å². The van der Waals surface area contributed by atoms with Crippen molar-refractivity contribution in [3.05, 3.63) is 42.0 Å². The maximum atomic E-state index is 11.4. The van der Waals surface area contributed by atoms with Crippen molar-refractivity contribution in [2.45, 2.75) is 19.3 Å². The highest BCUT2D eigenvalue weighted by molar-refractivity contribution is 5.75. The number of hydrogen-bond acceptors (Lipinski definition) is 2. The van der Waals surface area contributed by atoms with E-state index in [9.17, 15) is 4.79 Å². The van der Waals surface area contributed by atoms with Crippen LogP contribution in [0.2, 0.25) is 0 Å². The molecule has 0 bridgehead atoms. The summed E-state index contributed by atoms with van der Waals surface area (Å²) in [5.74, 6) is -0.0270. The molecule has 1 aromatic carbocycles. The van der Waals surface area contributed by atoms with Crippen LogP contribution in [0.25, 0.3) is 5.57 Å². The third-order valence-electron chi connectivity index (χ3n) is 3.09. The maximum Gasteiger partial charge on any atom is 0.308 e. The summed E-state index contributed by atoms with van der Waals surface area (Å²) >= 11 is 0. The number of carbonyl (C=O) groups excluding carboxylic acids is 1. The Hall–Kier alpha value is -1.57. The van der Waals surface area contributed by atoms with Crippen molar-refractivity contribution in [3.63, 3.8) is 0 Å². The molecule has 0 heterocycles. The minimum absolute atomic E-state index is 0.0532. The van der Waals surface area contributed by atoms with Crippen LogP contribution < -0.4 is 0 Å². The fourth-order valence-electron chi connectivity index (χ4n) is 2.13. The molecule has 0 radical (unpaired) electrons. The Morgan fingerprint density at radius 1 is 1.31 bits per heavy atom. The van der Waals surface area contributed by atoms with Crippen molar-refractivity contribution < 1.29 is 9.53 Å². The number of ether oxygens (including phenoxy) is 1. The molecule has 0 saturated carbocycles. The molecule has 1 atom stereocenters. The molecule has 1 aliphatic rings. The third kappa shape index (κ3) is 2.32. The van der Waals surface area contributed by atoms with E-state index >= 15 is 0 Å². The number of allylic oxidation sites excluding steroid dienone is 2.